The third-order valence-electron chi connectivity index (χ3n) is 5.09. The van der Waals surface area contributed by atoms with Crippen LogP contribution in [0.1, 0.15) is 51.4 Å². The molecule has 0 aromatic carbocycles. The van der Waals surface area contributed by atoms with E-state index in [0.29, 0.717) is 0 Å². The molecule has 14 heavy (non-hydrogen) atoms. The lowest BCUT2D eigenvalue weighted by Gasteiger charge is -2.35. The molecule has 3 saturated carbocycles. The van der Waals surface area contributed by atoms with Crippen molar-refractivity contribution in [3.05, 3.63) is 0 Å². The van der Waals surface area contributed by atoms with E-state index in [9.17, 15) is 5.11 Å². The molecule has 1 heteroatoms. The molecule has 5 atom stereocenters. The lowest BCUT2D eigenvalue weighted by atomic mass is 9.72. The van der Waals surface area contributed by atoms with Gasteiger partial charge in [0.15, 0.2) is 0 Å². The van der Waals surface area contributed by atoms with Crippen LogP contribution >= 0.6 is 0 Å². The largest absolute Gasteiger partial charge is 0.393 e. The van der Waals surface area contributed by atoms with Crippen molar-refractivity contribution in [1.82, 2.24) is 0 Å². The highest BCUT2D eigenvalue weighted by molar-refractivity contribution is 4.94. The van der Waals surface area contributed by atoms with Crippen LogP contribution in [0.3, 0.4) is 0 Å². The minimum atomic E-state index is 0.0351. The number of aliphatic hydroxyl groups is 1. The predicted molar refractivity (Wildman–Crippen MR) is 56.9 cm³/mol. The fourth-order valence-corrected chi connectivity index (χ4v) is 4.46. The number of hydrogen-bond donors (Lipinski definition) is 1. The van der Waals surface area contributed by atoms with Gasteiger partial charge < -0.3 is 5.11 Å². The molecular weight excluding hydrogens is 172 g/mol. The van der Waals surface area contributed by atoms with E-state index in [4.69, 9.17) is 0 Å². The van der Waals surface area contributed by atoms with Gasteiger partial charge in [-0.05, 0) is 62.2 Å². The van der Waals surface area contributed by atoms with Gasteiger partial charge in [-0.2, -0.15) is 0 Å². The monoisotopic (exact) mass is 194 g/mol. The van der Waals surface area contributed by atoms with Crippen LogP contribution in [-0.2, 0) is 0 Å². The summed E-state index contributed by atoms with van der Waals surface area (Å²) in [6, 6.07) is 0. The van der Waals surface area contributed by atoms with Crippen molar-refractivity contribution in [2.24, 2.45) is 23.7 Å². The molecular formula is C13H22O. The zero-order chi connectivity index (χ0) is 9.54. The summed E-state index contributed by atoms with van der Waals surface area (Å²) in [6.45, 7) is 0. The Morgan fingerprint density at radius 2 is 1.64 bits per heavy atom. The van der Waals surface area contributed by atoms with Gasteiger partial charge in [0.25, 0.3) is 0 Å². The standard InChI is InChI=1S/C13H22O/c14-12-3-1-2-10(8-12)13-7-9-4-5-11(13)6-9/h9-14H,1-8H2/t9-,10+,11-,12-,13-/m1/s1. The summed E-state index contributed by atoms with van der Waals surface area (Å²) in [5.74, 6) is 4.01. The highest BCUT2D eigenvalue weighted by Crippen LogP contribution is 2.53. The molecule has 0 aromatic heterocycles. The third kappa shape index (κ3) is 1.50. The van der Waals surface area contributed by atoms with Gasteiger partial charge in [0, 0.05) is 0 Å². The summed E-state index contributed by atoms with van der Waals surface area (Å²) in [5.41, 5.74) is 0. The fourth-order valence-electron chi connectivity index (χ4n) is 4.46. The van der Waals surface area contributed by atoms with Crippen LogP contribution in [0.15, 0.2) is 0 Å². The summed E-state index contributed by atoms with van der Waals surface area (Å²) in [6.07, 6.45) is 10.9. The van der Waals surface area contributed by atoms with Crippen molar-refractivity contribution >= 4 is 0 Å². The molecule has 0 saturated heterocycles. The smallest absolute Gasteiger partial charge is 0.0543 e. The first-order valence-electron chi connectivity index (χ1n) is 6.51. The lowest BCUT2D eigenvalue weighted by molar-refractivity contribution is 0.0650. The van der Waals surface area contributed by atoms with E-state index in [-0.39, 0.29) is 6.10 Å². The molecule has 3 aliphatic rings. The van der Waals surface area contributed by atoms with E-state index < -0.39 is 0 Å². The SMILES string of the molecule is O[C@@H]1CCC[C@H]([C@H]2C[C@@H]3CC[C@@H]2C3)C1. The lowest BCUT2D eigenvalue weighted by Crippen LogP contribution is -2.28. The molecule has 0 amide bonds. The van der Waals surface area contributed by atoms with Gasteiger partial charge in [-0.15, -0.1) is 0 Å². The maximum Gasteiger partial charge on any atom is 0.0543 e. The molecule has 0 unspecified atom stereocenters. The number of hydrogen-bond acceptors (Lipinski definition) is 1. The molecule has 0 spiro atoms. The number of aliphatic hydroxyl groups excluding tert-OH is 1. The molecule has 1 N–H and O–H groups in total. The van der Waals surface area contributed by atoms with E-state index in [1.165, 1.54) is 38.5 Å². The molecule has 3 fully saturated rings. The van der Waals surface area contributed by atoms with Gasteiger partial charge >= 0.3 is 0 Å². The van der Waals surface area contributed by atoms with Crippen molar-refractivity contribution < 1.29 is 5.11 Å². The van der Waals surface area contributed by atoms with Crippen molar-refractivity contribution in [3.63, 3.8) is 0 Å². The van der Waals surface area contributed by atoms with Gasteiger partial charge in [0.1, 0.15) is 0 Å². The summed E-state index contributed by atoms with van der Waals surface area (Å²) in [4.78, 5) is 0. The van der Waals surface area contributed by atoms with Crippen LogP contribution in [0.2, 0.25) is 0 Å². The van der Waals surface area contributed by atoms with Crippen LogP contribution in [0.25, 0.3) is 0 Å². The summed E-state index contributed by atoms with van der Waals surface area (Å²) >= 11 is 0. The Morgan fingerprint density at radius 1 is 0.786 bits per heavy atom. The molecule has 2 bridgehead atoms. The summed E-state index contributed by atoms with van der Waals surface area (Å²) in [7, 11) is 0. The van der Waals surface area contributed by atoms with E-state index in [0.717, 1.165) is 36.5 Å². The van der Waals surface area contributed by atoms with E-state index >= 15 is 0 Å². The van der Waals surface area contributed by atoms with Crippen molar-refractivity contribution in [1.29, 1.82) is 0 Å². The first kappa shape index (κ1) is 9.21. The normalized spacial score (nSPS) is 52.5. The Morgan fingerprint density at radius 3 is 2.29 bits per heavy atom. The Labute approximate surface area is 86.9 Å². The molecule has 0 aliphatic heterocycles. The second-order valence-electron chi connectivity index (χ2n) is 5.92. The molecule has 3 aliphatic carbocycles. The second kappa shape index (κ2) is 3.52. The topological polar surface area (TPSA) is 20.2 Å². The molecule has 3 rings (SSSR count). The molecule has 0 radical (unpaired) electrons. The fraction of sp³-hybridized carbons (Fsp3) is 1.00. The van der Waals surface area contributed by atoms with E-state index in [1.807, 2.05) is 0 Å². The van der Waals surface area contributed by atoms with Gasteiger partial charge in [-0.1, -0.05) is 12.8 Å². The summed E-state index contributed by atoms with van der Waals surface area (Å²) in [5, 5.41) is 9.71. The van der Waals surface area contributed by atoms with Gasteiger partial charge in [-0.3, -0.25) is 0 Å². The number of rotatable bonds is 1. The average Bonchev–Trinajstić information content (AvgIpc) is 2.78. The minimum Gasteiger partial charge on any atom is -0.393 e. The van der Waals surface area contributed by atoms with E-state index in [1.54, 1.807) is 0 Å². The average molecular weight is 194 g/mol. The number of fused-ring (bicyclic) bond motifs is 2. The van der Waals surface area contributed by atoms with E-state index in [2.05, 4.69) is 0 Å². The summed E-state index contributed by atoms with van der Waals surface area (Å²) < 4.78 is 0. The van der Waals surface area contributed by atoms with Crippen LogP contribution in [0, 0.1) is 23.7 Å². The Hall–Kier alpha value is -0.0400. The van der Waals surface area contributed by atoms with Gasteiger partial charge in [-0.25, -0.2) is 0 Å². The molecule has 0 aromatic rings. The maximum absolute atomic E-state index is 9.71. The van der Waals surface area contributed by atoms with Crippen LogP contribution in [-0.4, -0.2) is 11.2 Å². The third-order valence-corrected chi connectivity index (χ3v) is 5.09. The van der Waals surface area contributed by atoms with Crippen LogP contribution in [0.4, 0.5) is 0 Å². The Kier molecular flexibility index (Phi) is 2.31. The Balaban J connectivity index is 1.65. The van der Waals surface area contributed by atoms with Gasteiger partial charge in [0.2, 0.25) is 0 Å². The maximum atomic E-state index is 9.71. The van der Waals surface area contributed by atoms with Crippen LogP contribution in [0.5, 0.6) is 0 Å². The zero-order valence-electron chi connectivity index (χ0n) is 8.99. The van der Waals surface area contributed by atoms with Crippen molar-refractivity contribution in [2.45, 2.75) is 57.5 Å². The second-order valence-corrected chi connectivity index (χ2v) is 5.92. The molecule has 80 valence electrons. The molecule has 1 nitrogen and oxygen atoms in total. The minimum absolute atomic E-state index is 0.0351. The van der Waals surface area contributed by atoms with Gasteiger partial charge in [0.05, 0.1) is 6.10 Å². The quantitative estimate of drug-likeness (QED) is 0.680. The first-order valence-corrected chi connectivity index (χ1v) is 6.51. The zero-order valence-corrected chi connectivity index (χ0v) is 8.99. The van der Waals surface area contributed by atoms with Crippen LogP contribution < -0.4 is 0 Å². The highest BCUT2D eigenvalue weighted by atomic mass is 16.3. The van der Waals surface area contributed by atoms with Crippen molar-refractivity contribution in [3.8, 4) is 0 Å². The van der Waals surface area contributed by atoms with Crippen molar-refractivity contribution in [2.75, 3.05) is 0 Å². The predicted octanol–water partition coefficient (Wildman–Crippen LogP) is 2.97. The highest BCUT2D eigenvalue weighted by Gasteiger charge is 2.43. The Bertz CT molecular complexity index is 213. The molecule has 0 heterocycles. The first-order chi connectivity index (χ1) is 6.83.